The van der Waals surface area contributed by atoms with Gasteiger partial charge in [0.05, 0.1) is 118 Å². The molecule has 12 nitrogen and oxygen atoms in total. The van der Waals surface area contributed by atoms with Gasteiger partial charge in [0.25, 0.3) is 0 Å². The molecular formula is C36H55NO11. The summed E-state index contributed by atoms with van der Waals surface area (Å²) in [7, 11) is 0. The molecule has 0 saturated heterocycles. The van der Waals surface area contributed by atoms with Crippen molar-refractivity contribution in [2.75, 3.05) is 125 Å². The van der Waals surface area contributed by atoms with Gasteiger partial charge >= 0.3 is 6.09 Å². The minimum absolute atomic E-state index is 0.0407. The van der Waals surface area contributed by atoms with Gasteiger partial charge in [0, 0.05) is 12.5 Å². The Balaban J connectivity index is 0.988. The topological polar surface area (TPSA) is 121 Å². The van der Waals surface area contributed by atoms with Crippen LogP contribution in [-0.4, -0.2) is 138 Å². The molecule has 1 aliphatic rings. The minimum Gasteiger partial charge on any atom is -0.449 e. The number of nitrogens with one attached hydrogen (secondary N) is 1. The van der Waals surface area contributed by atoms with Crippen LogP contribution in [0.25, 0.3) is 11.1 Å². The van der Waals surface area contributed by atoms with E-state index in [-0.39, 0.29) is 12.0 Å². The van der Waals surface area contributed by atoms with Crippen molar-refractivity contribution in [3.05, 3.63) is 59.7 Å². The van der Waals surface area contributed by atoms with E-state index >= 15 is 0 Å². The summed E-state index contributed by atoms with van der Waals surface area (Å²) in [5.41, 5.74) is 4.78. The maximum absolute atomic E-state index is 12.2. The van der Waals surface area contributed by atoms with Gasteiger partial charge in [-0.15, -0.1) is 0 Å². The summed E-state index contributed by atoms with van der Waals surface area (Å²) in [5, 5.41) is 2.74. The van der Waals surface area contributed by atoms with E-state index in [9.17, 15) is 4.79 Å². The highest BCUT2D eigenvalue weighted by molar-refractivity contribution is 5.79. The molecule has 0 spiro atoms. The van der Waals surface area contributed by atoms with Gasteiger partial charge in [-0.25, -0.2) is 4.79 Å². The van der Waals surface area contributed by atoms with Crippen LogP contribution in [0.1, 0.15) is 30.9 Å². The fourth-order valence-electron chi connectivity index (χ4n) is 4.86. The molecule has 0 radical (unpaired) electrons. The number of carbonyl (C=O) groups is 1. The van der Waals surface area contributed by atoms with E-state index in [2.05, 4.69) is 29.6 Å². The second-order valence-electron chi connectivity index (χ2n) is 11.1. The van der Waals surface area contributed by atoms with E-state index < -0.39 is 6.09 Å². The average molecular weight is 678 g/mol. The summed E-state index contributed by atoms with van der Waals surface area (Å²) < 4.78 is 54.7. The second-order valence-corrected chi connectivity index (χ2v) is 11.1. The second kappa shape index (κ2) is 26.2. The number of fused-ring (bicyclic) bond motifs is 3. The average Bonchev–Trinajstić information content (AvgIpc) is 3.42. The normalized spacial score (nSPS) is 12.4. The Morgan fingerprint density at radius 2 is 0.896 bits per heavy atom. The lowest BCUT2D eigenvalue weighted by Crippen LogP contribution is -2.29. The van der Waals surface area contributed by atoms with E-state index in [0.29, 0.717) is 125 Å². The Labute approximate surface area is 285 Å². The molecule has 2 aromatic carbocycles. The molecule has 0 bridgehead atoms. The Kier molecular flexibility index (Phi) is 21.8. The first-order valence-corrected chi connectivity index (χ1v) is 17.0. The molecule has 2 aromatic rings. The van der Waals surface area contributed by atoms with Gasteiger partial charge in [-0.1, -0.05) is 48.5 Å². The van der Waals surface area contributed by atoms with Gasteiger partial charge < -0.3 is 52.7 Å². The molecule has 1 amide bonds. The third-order valence-electron chi connectivity index (χ3n) is 7.14. The first kappa shape index (κ1) is 39.8. The van der Waals surface area contributed by atoms with Crippen LogP contribution in [0, 0.1) is 0 Å². The van der Waals surface area contributed by atoms with E-state index in [1.54, 1.807) is 0 Å². The van der Waals surface area contributed by atoms with Crippen molar-refractivity contribution in [1.29, 1.82) is 0 Å². The van der Waals surface area contributed by atoms with Crippen LogP contribution in [0.15, 0.2) is 48.5 Å². The van der Waals surface area contributed by atoms with Crippen molar-refractivity contribution >= 4 is 6.09 Å². The van der Waals surface area contributed by atoms with Crippen LogP contribution >= 0.6 is 0 Å². The zero-order chi connectivity index (χ0) is 33.9. The van der Waals surface area contributed by atoms with Crippen LogP contribution in [0.3, 0.4) is 0 Å². The van der Waals surface area contributed by atoms with Gasteiger partial charge in [0.1, 0.15) is 6.61 Å². The quantitative estimate of drug-likeness (QED) is 0.120. The fraction of sp³-hybridized carbons (Fsp3) is 0.639. The molecule has 48 heavy (non-hydrogen) atoms. The number of benzene rings is 2. The molecule has 0 atom stereocenters. The van der Waals surface area contributed by atoms with Gasteiger partial charge in [-0.3, -0.25) is 0 Å². The van der Waals surface area contributed by atoms with Gasteiger partial charge in [-0.2, -0.15) is 0 Å². The van der Waals surface area contributed by atoms with Crippen molar-refractivity contribution in [2.24, 2.45) is 0 Å². The van der Waals surface area contributed by atoms with E-state index in [0.717, 1.165) is 0 Å². The molecule has 0 aromatic heterocycles. The molecule has 0 fully saturated rings. The molecule has 3 rings (SSSR count). The summed E-state index contributed by atoms with van der Waals surface area (Å²) in [4.78, 5) is 12.2. The summed E-state index contributed by atoms with van der Waals surface area (Å²) >= 11 is 0. The monoisotopic (exact) mass is 677 g/mol. The van der Waals surface area contributed by atoms with Crippen molar-refractivity contribution in [3.8, 4) is 11.1 Å². The van der Waals surface area contributed by atoms with Crippen molar-refractivity contribution in [2.45, 2.75) is 25.9 Å². The Hall–Kier alpha value is -2.65. The smallest absolute Gasteiger partial charge is 0.407 e. The molecule has 12 heteroatoms. The van der Waals surface area contributed by atoms with Gasteiger partial charge in [0.15, 0.2) is 0 Å². The number of hydrogen-bond acceptors (Lipinski definition) is 11. The Bertz CT molecular complexity index is 1060. The lowest BCUT2D eigenvalue weighted by atomic mass is 9.98. The maximum Gasteiger partial charge on any atom is 0.407 e. The lowest BCUT2D eigenvalue weighted by molar-refractivity contribution is -0.0268. The van der Waals surface area contributed by atoms with Crippen LogP contribution < -0.4 is 5.32 Å². The molecule has 1 aliphatic carbocycles. The van der Waals surface area contributed by atoms with Crippen molar-refractivity contribution in [1.82, 2.24) is 5.32 Å². The van der Waals surface area contributed by atoms with Crippen LogP contribution in [0.5, 0.6) is 0 Å². The zero-order valence-corrected chi connectivity index (χ0v) is 28.7. The fourth-order valence-corrected chi connectivity index (χ4v) is 4.86. The van der Waals surface area contributed by atoms with Gasteiger partial charge in [-0.05, 0) is 36.1 Å². The number of amides is 1. The molecule has 0 unspecified atom stereocenters. The first-order chi connectivity index (χ1) is 23.7. The molecular weight excluding hydrogens is 622 g/mol. The number of carbonyl (C=O) groups excluding carboxylic acids is 1. The predicted octanol–water partition coefficient (Wildman–Crippen LogP) is 4.08. The van der Waals surface area contributed by atoms with E-state index in [4.69, 9.17) is 47.4 Å². The SMILES string of the molecule is CC(C)OCCOCCOCCOCCOCCOCCOCCOCCOCCNC(=O)OCC1c2ccccc2-c2ccccc21. The predicted molar refractivity (Wildman–Crippen MR) is 181 cm³/mol. The largest absolute Gasteiger partial charge is 0.449 e. The van der Waals surface area contributed by atoms with Crippen molar-refractivity contribution < 1.29 is 52.2 Å². The first-order valence-electron chi connectivity index (χ1n) is 17.0. The molecule has 0 saturated carbocycles. The highest BCUT2D eigenvalue weighted by atomic mass is 16.6. The minimum atomic E-state index is -0.449. The number of ether oxygens (including phenoxy) is 10. The number of alkyl carbamates (subject to hydrolysis) is 1. The Morgan fingerprint density at radius 3 is 1.29 bits per heavy atom. The molecule has 270 valence electrons. The number of hydrogen-bond donors (Lipinski definition) is 1. The Morgan fingerprint density at radius 1 is 0.542 bits per heavy atom. The summed E-state index contributed by atoms with van der Waals surface area (Å²) in [5.74, 6) is 0.0407. The summed E-state index contributed by atoms with van der Waals surface area (Å²) in [6.07, 6.45) is -0.223. The van der Waals surface area contributed by atoms with Crippen LogP contribution in [0.2, 0.25) is 0 Å². The molecule has 0 heterocycles. The third-order valence-corrected chi connectivity index (χ3v) is 7.14. The number of rotatable bonds is 30. The lowest BCUT2D eigenvalue weighted by Gasteiger charge is -2.14. The highest BCUT2D eigenvalue weighted by Crippen LogP contribution is 2.44. The van der Waals surface area contributed by atoms with E-state index in [1.165, 1.54) is 22.3 Å². The van der Waals surface area contributed by atoms with Gasteiger partial charge in [0.2, 0.25) is 0 Å². The third kappa shape index (κ3) is 17.1. The van der Waals surface area contributed by atoms with Crippen LogP contribution in [-0.2, 0) is 47.4 Å². The molecule has 1 N–H and O–H groups in total. The van der Waals surface area contributed by atoms with Crippen molar-refractivity contribution in [3.63, 3.8) is 0 Å². The van der Waals surface area contributed by atoms with E-state index in [1.807, 2.05) is 38.1 Å². The summed E-state index contributed by atoms with van der Waals surface area (Å²) in [6, 6.07) is 16.5. The summed E-state index contributed by atoms with van der Waals surface area (Å²) in [6.45, 7) is 13.2. The maximum atomic E-state index is 12.2. The van der Waals surface area contributed by atoms with Crippen LogP contribution in [0.4, 0.5) is 4.79 Å². The molecule has 0 aliphatic heterocycles. The highest BCUT2D eigenvalue weighted by Gasteiger charge is 2.28. The standard InChI is InChI=1S/C36H55NO11/c1-30(2)47-28-27-46-26-25-45-24-23-44-22-21-43-20-19-42-18-17-41-16-15-40-14-13-39-12-11-37-36(38)48-29-35-33-9-5-3-7-31(33)32-8-4-6-10-34(32)35/h3-10,30,35H,11-29H2,1-2H3,(H,37,38). The zero-order valence-electron chi connectivity index (χ0n) is 28.7.